The van der Waals surface area contributed by atoms with Crippen LogP contribution in [0.5, 0.6) is 11.5 Å². The average Bonchev–Trinajstić information content (AvgIpc) is 2.33. The van der Waals surface area contributed by atoms with Gasteiger partial charge in [-0.1, -0.05) is 23.2 Å². The van der Waals surface area contributed by atoms with E-state index >= 15 is 0 Å². The monoisotopic (exact) mass is 302 g/mol. The highest BCUT2D eigenvalue weighted by Gasteiger charge is 2.15. The van der Waals surface area contributed by atoms with Gasteiger partial charge in [0.2, 0.25) is 0 Å². The molecule has 0 saturated heterocycles. The molecule has 0 amide bonds. The molecule has 1 aromatic heterocycles. The Hall–Kier alpha value is -1.92. The van der Waals surface area contributed by atoms with E-state index in [0.717, 1.165) is 18.2 Å². The van der Waals surface area contributed by atoms with Crippen molar-refractivity contribution in [2.24, 2.45) is 0 Å². The molecule has 1 heterocycles. The second-order valence-electron chi connectivity index (χ2n) is 3.37. The summed E-state index contributed by atoms with van der Waals surface area (Å²) in [7, 11) is 0. The van der Waals surface area contributed by atoms with E-state index in [4.69, 9.17) is 33.0 Å². The zero-order valence-corrected chi connectivity index (χ0v) is 10.6. The molecule has 19 heavy (non-hydrogen) atoms. The van der Waals surface area contributed by atoms with Crippen molar-refractivity contribution in [3.8, 4) is 11.5 Å². The number of hydrogen-bond donors (Lipinski definition) is 1. The third-order valence-electron chi connectivity index (χ3n) is 2.08. The molecule has 1 aromatic carbocycles. The fourth-order valence-electron chi connectivity index (χ4n) is 1.28. The minimum Gasteiger partial charge on any atom is -0.478 e. The zero-order valence-electron chi connectivity index (χ0n) is 9.10. The third kappa shape index (κ3) is 3.10. The number of halogens is 3. The molecule has 0 aliphatic rings. The Morgan fingerprint density at radius 1 is 1.21 bits per heavy atom. The van der Waals surface area contributed by atoms with Crippen LogP contribution in [-0.4, -0.2) is 21.3 Å². The first-order chi connectivity index (χ1) is 8.97. The Kier molecular flexibility index (Phi) is 3.82. The molecule has 1 N–H and O–H groups in total. The van der Waals surface area contributed by atoms with E-state index in [1.54, 1.807) is 0 Å². The number of aromatic carboxylic acids is 1. The fourth-order valence-corrected chi connectivity index (χ4v) is 1.55. The summed E-state index contributed by atoms with van der Waals surface area (Å²) in [5, 5.41) is 15.8. The SMILES string of the molecule is O=C(O)c1ccc(F)cc1Oc1cc(Cl)nnc1Cl. The van der Waals surface area contributed by atoms with Gasteiger partial charge in [0.1, 0.15) is 17.1 Å². The van der Waals surface area contributed by atoms with Gasteiger partial charge in [0.25, 0.3) is 0 Å². The molecule has 5 nitrogen and oxygen atoms in total. The maximum Gasteiger partial charge on any atom is 0.339 e. The van der Waals surface area contributed by atoms with Crippen LogP contribution >= 0.6 is 23.2 Å². The molecule has 0 atom stereocenters. The summed E-state index contributed by atoms with van der Waals surface area (Å²) >= 11 is 11.3. The van der Waals surface area contributed by atoms with Gasteiger partial charge >= 0.3 is 5.97 Å². The molecule has 8 heteroatoms. The fraction of sp³-hybridized carbons (Fsp3) is 0. The molecule has 0 saturated carbocycles. The Labute approximate surface area is 116 Å². The van der Waals surface area contributed by atoms with Crippen molar-refractivity contribution in [3.63, 3.8) is 0 Å². The minimum atomic E-state index is -1.26. The van der Waals surface area contributed by atoms with Gasteiger partial charge in [-0.3, -0.25) is 0 Å². The van der Waals surface area contributed by atoms with Crippen LogP contribution in [0, 0.1) is 5.82 Å². The summed E-state index contributed by atoms with van der Waals surface area (Å²) in [6.45, 7) is 0. The molecular weight excluding hydrogens is 298 g/mol. The van der Waals surface area contributed by atoms with Gasteiger partial charge in [-0.25, -0.2) is 9.18 Å². The maximum atomic E-state index is 13.1. The van der Waals surface area contributed by atoms with E-state index in [2.05, 4.69) is 10.2 Å². The maximum absolute atomic E-state index is 13.1. The van der Waals surface area contributed by atoms with Gasteiger partial charge in [-0.2, -0.15) is 0 Å². The lowest BCUT2D eigenvalue weighted by molar-refractivity contribution is 0.0694. The van der Waals surface area contributed by atoms with Crippen LogP contribution < -0.4 is 4.74 Å². The van der Waals surface area contributed by atoms with Gasteiger partial charge in [0, 0.05) is 12.1 Å². The first-order valence-electron chi connectivity index (χ1n) is 4.87. The summed E-state index contributed by atoms with van der Waals surface area (Å²) in [4.78, 5) is 11.0. The number of carbonyl (C=O) groups is 1. The number of nitrogens with zero attached hydrogens (tertiary/aromatic N) is 2. The van der Waals surface area contributed by atoms with Crippen molar-refractivity contribution in [2.45, 2.75) is 0 Å². The van der Waals surface area contributed by atoms with Crippen molar-refractivity contribution in [2.75, 3.05) is 0 Å². The normalized spacial score (nSPS) is 10.3. The van der Waals surface area contributed by atoms with Crippen molar-refractivity contribution < 1.29 is 19.0 Å². The Balaban J connectivity index is 2.45. The molecule has 0 radical (unpaired) electrons. The van der Waals surface area contributed by atoms with Crippen LogP contribution in [0.3, 0.4) is 0 Å². The molecule has 2 aromatic rings. The van der Waals surface area contributed by atoms with Crippen molar-refractivity contribution in [1.29, 1.82) is 0 Å². The van der Waals surface area contributed by atoms with Crippen LogP contribution in [0.1, 0.15) is 10.4 Å². The lowest BCUT2D eigenvalue weighted by Gasteiger charge is -2.09. The highest BCUT2D eigenvalue weighted by molar-refractivity contribution is 6.32. The number of benzene rings is 1. The van der Waals surface area contributed by atoms with E-state index in [0.29, 0.717) is 0 Å². The smallest absolute Gasteiger partial charge is 0.339 e. The molecule has 0 aliphatic heterocycles. The molecule has 0 aliphatic carbocycles. The first kappa shape index (κ1) is 13.5. The largest absolute Gasteiger partial charge is 0.478 e. The predicted octanol–water partition coefficient (Wildman–Crippen LogP) is 3.41. The number of rotatable bonds is 3. The molecule has 0 bridgehead atoms. The highest BCUT2D eigenvalue weighted by Crippen LogP contribution is 2.31. The van der Waals surface area contributed by atoms with Crippen molar-refractivity contribution in [1.82, 2.24) is 10.2 Å². The van der Waals surface area contributed by atoms with Gasteiger partial charge < -0.3 is 9.84 Å². The lowest BCUT2D eigenvalue weighted by Crippen LogP contribution is -2.01. The van der Waals surface area contributed by atoms with Gasteiger partial charge in [-0.05, 0) is 12.1 Å². The van der Waals surface area contributed by atoms with Crippen LogP contribution in [0.2, 0.25) is 10.3 Å². The Morgan fingerprint density at radius 3 is 2.63 bits per heavy atom. The van der Waals surface area contributed by atoms with Gasteiger partial charge in [0.15, 0.2) is 16.1 Å². The molecular formula is C11H5Cl2FN2O3. The average molecular weight is 303 g/mol. The summed E-state index contributed by atoms with van der Waals surface area (Å²) in [5.74, 6) is -2.14. The quantitative estimate of drug-likeness (QED) is 0.940. The van der Waals surface area contributed by atoms with Crippen molar-refractivity contribution in [3.05, 3.63) is 46.0 Å². The second-order valence-corrected chi connectivity index (χ2v) is 4.12. The number of carboxylic acids is 1. The summed E-state index contributed by atoms with van der Waals surface area (Å²) in [6, 6.07) is 4.26. The van der Waals surface area contributed by atoms with Gasteiger partial charge in [-0.15, -0.1) is 10.2 Å². The number of aromatic nitrogens is 2. The number of hydrogen-bond acceptors (Lipinski definition) is 4. The number of carboxylic acid groups (broad SMARTS) is 1. The summed E-state index contributed by atoms with van der Waals surface area (Å²) < 4.78 is 18.4. The topological polar surface area (TPSA) is 72.3 Å². The van der Waals surface area contributed by atoms with Crippen LogP contribution in [-0.2, 0) is 0 Å². The minimum absolute atomic E-state index is 0.00711. The first-order valence-corrected chi connectivity index (χ1v) is 5.62. The third-order valence-corrected chi connectivity index (χ3v) is 2.53. The molecule has 0 fully saturated rings. The summed E-state index contributed by atoms with van der Waals surface area (Å²) in [6.07, 6.45) is 0. The van der Waals surface area contributed by atoms with E-state index in [1.807, 2.05) is 0 Å². The Bertz CT molecular complexity index is 652. The molecule has 0 spiro atoms. The van der Waals surface area contributed by atoms with E-state index in [1.165, 1.54) is 6.07 Å². The molecule has 2 rings (SSSR count). The van der Waals surface area contributed by atoms with Crippen LogP contribution in [0.15, 0.2) is 24.3 Å². The van der Waals surface area contributed by atoms with Crippen molar-refractivity contribution >= 4 is 29.2 Å². The van der Waals surface area contributed by atoms with E-state index in [-0.39, 0.29) is 27.4 Å². The zero-order chi connectivity index (χ0) is 14.0. The van der Waals surface area contributed by atoms with Gasteiger partial charge in [0.05, 0.1) is 0 Å². The van der Waals surface area contributed by atoms with Crippen LogP contribution in [0.4, 0.5) is 4.39 Å². The molecule has 98 valence electrons. The van der Waals surface area contributed by atoms with E-state index < -0.39 is 11.8 Å². The number of ether oxygens (including phenoxy) is 1. The Morgan fingerprint density at radius 2 is 1.95 bits per heavy atom. The molecule has 0 unspecified atom stereocenters. The predicted molar refractivity (Wildman–Crippen MR) is 65.5 cm³/mol. The van der Waals surface area contributed by atoms with E-state index in [9.17, 15) is 9.18 Å². The van der Waals surface area contributed by atoms with Crippen LogP contribution in [0.25, 0.3) is 0 Å². The lowest BCUT2D eigenvalue weighted by atomic mass is 10.2. The highest BCUT2D eigenvalue weighted by atomic mass is 35.5. The second kappa shape index (κ2) is 5.38. The summed E-state index contributed by atoms with van der Waals surface area (Å²) in [5.41, 5.74) is -0.217. The standard InChI is InChI=1S/C11H5Cl2FN2O3/c12-9-4-8(10(13)16-15-9)19-7-3-5(14)1-2-6(7)11(17)18/h1-4H,(H,17,18).